The highest BCUT2D eigenvalue weighted by molar-refractivity contribution is 14.1. The third kappa shape index (κ3) is 2.50. The highest BCUT2D eigenvalue weighted by Crippen LogP contribution is 2.18. The van der Waals surface area contributed by atoms with E-state index in [0.29, 0.717) is 13.1 Å². The second kappa shape index (κ2) is 4.65. The Kier molecular flexibility index (Phi) is 3.25. The number of benzene rings is 1. The van der Waals surface area contributed by atoms with Crippen molar-refractivity contribution in [2.75, 3.05) is 6.54 Å². The normalized spacial score (nSPS) is 18.3. The second-order valence-corrected chi connectivity index (χ2v) is 3.91. The molecule has 1 fully saturated rings. The van der Waals surface area contributed by atoms with Crippen molar-refractivity contribution >= 4 is 28.7 Å². The van der Waals surface area contributed by atoms with Gasteiger partial charge in [0.1, 0.15) is 5.76 Å². The number of hydrogen-bond acceptors (Lipinski definition) is 2. The maximum atomic E-state index is 11.4. The molecule has 1 amide bonds. The van der Waals surface area contributed by atoms with E-state index in [1.807, 2.05) is 30.3 Å². The summed E-state index contributed by atoms with van der Waals surface area (Å²) in [6.07, 6.45) is -0.262. The Morgan fingerprint density at radius 2 is 2.13 bits per heavy atom. The van der Waals surface area contributed by atoms with Gasteiger partial charge in [-0.1, -0.05) is 30.3 Å². The average molecular weight is 315 g/mol. The van der Waals surface area contributed by atoms with Gasteiger partial charge < -0.3 is 4.74 Å². The summed E-state index contributed by atoms with van der Waals surface area (Å²) in [5, 5.41) is 0. The molecule has 1 aromatic carbocycles. The standard InChI is InChI=1S/C11H10INO2/c12-6-10-8-13(11(14)15-10)7-9-4-2-1-3-5-9/h1-6H,7-8H2/b10-6-. The number of amides is 1. The second-order valence-electron chi connectivity index (χ2n) is 3.29. The summed E-state index contributed by atoms with van der Waals surface area (Å²) < 4.78 is 6.83. The van der Waals surface area contributed by atoms with E-state index in [-0.39, 0.29) is 6.09 Å². The molecule has 4 heteroatoms. The third-order valence-electron chi connectivity index (χ3n) is 2.16. The number of carbonyl (C=O) groups excluding carboxylic acids is 1. The first-order valence-corrected chi connectivity index (χ1v) is 5.84. The number of cyclic esters (lactones) is 1. The maximum absolute atomic E-state index is 11.4. The van der Waals surface area contributed by atoms with E-state index in [9.17, 15) is 4.79 Å². The molecular weight excluding hydrogens is 305 g/mol. The number of hydrogen-bond donors (Lipinski definition) is 0. The van der Waals surface area contributed by atoms with Gasteiger partial charge in [0.15, 0.2) is 0 Å². The van der Waals surface area contributed by atoms with E-state index in [1.54, 1.807) is 8.98 Å². The molecule has 2 rings (SSSR count). The molecule has 1 heterocycles. The third-order valence-corrected chi connectivity index (χ3v) is 2.86. The molecule has 0 atom stereocenters. The van der Waals surface area contributed by atoms with Gasteiger partial charge >= 0.3 is 6.09 Å². The molecule has 0 aliphatic carbocycles. The lowest BCUT2D eigenvalue weighted by Crippen LogP contribution is -2.23. The average Bonchev–Trinajstić information content (AvgIpc) is 2.61. The predicted molar refractivity (Wildman–Crippen MR) is 65.4 cm³/mol. The van der Waals surface area contributed by atoms with E-state index in [1.165, 1.54) is 0 Å². The molecule has 3 nitrogen and oxygen atoms in total. The monoisotopic (exact) mass is 315 g/mol. The lowest BCUT2D eigenvalue weighted by molar-refractivity contribution is 0.167. The first-order valence-electron chi connectivity index (χ1n) is 4.59. The largest absolute Gasteiger partial charge is 0.415 e. The van der Waals surface area contributed by atoms with E-state index in [4.69, 9.17) is 4.74 Å². The van der Waals surface area contributed by atoms with Crippen LogP contribution in [0.15, 0.2) is 40.2 Å². The molecule has 0 spiro atoms. The fourth-order valence-corrected chi connectivity index (χ4v) is 1.77. The summed E-state index contributed by atoms with van der Waals surface area (Å²) in [5.41, 5.74) is 1.11. The number of ether oxygens (including phenoxy) is 1. The SMILES string of the molecule is O=C1O/C(=C\I)CN1Cc1ccccc1. The van der Waals surface area contributed by atoms with Gasteiger partial charge in [0.25, 0.3) is 0 Å². The van der Waals surface area contributed by atoms with E-state index in [2.05, 4.69) is 22.6 Å². The Morgan fingerprint density at radius 3 is 2.73 bits per heavy atom. The summed E-state index contributed by atoms with van der Waals surface area (Å²) >= 11 is 2.07. The molecular formula is C11H10INO2. The van der Waals surface area contributed by atoms with Crippen LogP contribution in [0.3, 0.4) is 0 Å². The molecule has 0 unspecified atom stereocenters. The first-order chi connectivity index (χ1) is 7.29. The van der Waals surface area contributed by atoms with Crippen LogP contribution in [0.2, 0.25) is 0 Å². The lowest BCUT2D eigenvalue weighted by atomic mass is 10.2. The van der Waals surface area contributed by atoms with Crippen LogP contribution in [-0.2, 0) is 11.3 Å². The molecule has 0 saturated carbocycles. The highest BCUT2D eigenvalue weighted by Gasteiger charge is 2.26. The van der Waals surface area contributed by atoms with Crippen molar-refractivity contribution in [2.24, 2.45) is 0 Å². The van der Waals surface area contributed by atoms with Crippen LogP contribution in [-0.4, -0.2) is 17.5 Å². The van der Waals surface area contributed by atoms with Gasteiger partial charge in [0.05, 0.1) is 6.54 Å². The molecule has 15 heavy (non-hydrogen) atoms. The highest BCUT2D eigenvalue weighted by atomic mass is 127. The van der Waals surface area contributed by atoms with Crippen molar-refractivity contribution in [3.8, 4) is 0 Å². The van der Waals surface area contributed by atoms with Gasteiger partial charge in [-0.25, -0.2) is 4.79 Å². The van der Waals surface area contributed by atoms with Crippen molar-refractivity contribution in [1.29, 1.82) is 0 Å². The summed E-state index contributed by atoms with van der Waals surface area (Å²) in [4.78, 5) is 13.1. The summed E-state index contributed by atoms with van der Waals surface area (Å²) in [6, 6.07) is 9.89. The Bertz CT molecular complexity index is 389. The lowest BCUT2D eigenvalue weighted by Gasteiger charge is -2.11. The Balaban J connectivity index is 2.05. The van der Waals surface area contributed by atoms with Crippen molar-refractivity contribution in [2.45, 2.75) is 6.54 Å². The molecule has 0 radical (unpaired) electrons. The van der Waals surface area contributed by atoms with Gasteiger partial charge in [-0.2, -0.15) is 0 Å². The summed E-state index contributed by atoms with van der Waals surface area (Å²) in [6.45, 7) is 1.17. The zero-order valence-corrected chi connectivity index (χ0v) is 10.2. The van der Waals surface area contributed by atoms with Crippen molar-refractivity contribution in [3.05, 3.63) is 45.7 Å². The van der Waals surface area contributed by atoms with Gasteiger partial charge in [-0.05, 0) is 28.2 Å². The zero-order valence-electron chi connectivity index (χ0n) is 8.02. The Labute approximate surface area is 102 Å². The van der Waals surface area contributed by atoms with Crippen LogP contribution in [0.25, 0.3) is 0 Å². The van der Waals surface area contributed by atoms with Crippen LogP contribution in [0.4, 0.5) is 4.79 Å². The molecule has 1 aromatic rings. The van der Waals surface area contributed by atoms with E-state index in [0.717, 1.165) is 11.3 Å². The number of nitrogens with zero attached hydrogens (tertiary/aromatic N) is 1. The van der Waals surface area contributed by atoms with Gasteiger partial charge in [-0.3, -0.25) is 4.90 Å². The van der Waals surface area contributed by atoms with Crippen LogP contribution >= 0.6 is 22.6 Å². The quantitative estimate of drug-likeness (QED) is 0.786. The minimum absolute atomic E-state index is 0.262. The minimum atomic E-state index is -0.262. The number of rotatable bonds is 2. The van der Waals surface area contributed by atoms with Crippen molar-refractivity contribution in [3.63, 3.8) is 0 Å². The van der Waals surface area contributed by atoms with Gasteiger partial charge in [0.2, 0.25) is 0 Å². The summed E-state index contributed by atoms with van der Waals surface area (Å²) in [7, 11) is 0. The summed E-state index contributed by atoms with van der Waals surface area (Å²) in [5.74, 6) is 0.719. The van der Waals surface area contributed by atoms with E-state index < -0.39 is 0 Å². The van der Waals surface area contributed by atoms with Crippen molar-refractivity contribution in [1.82, 2.24) is 4.90 Å². The number of carbonyl (C=O) groups is 1. The molecule has 0 bridgehead atoms. The van der Waals surface area contributed by atoms with Crippen molar-refractivity contribution < 1.29 is 9.53 Å². The molecule has 1 saturated heterocycles. The fraction of sp³-hybridized carbons (Fsp3) is 0.182. The maximum Gasteiger partial charge on any atom is 0.415 e. The Morgan fingerprint density at radius 1 is 1.40 bits per heavy atom. The Hall–Kier alpha value is -1.04. The van der Waals surface area contributed by atoms with Crippen LogP contribution in [0.5, 0.6) is 0 Å². The predicted octanol–water partition coefficient (Wildman–Crippen LogP) is 2.92. The molecule has 0 N–H and O–H groups in total. The van der Waals surface area contributed by atoms with Crippen LogP contribution < -0.4 is 0 Å². The minimum Gasteiger partial charge on any atom is -0.412 e. The van der Waals surface area contributed by atoms with Gasteiger partial charge in [0, 0.05) is 10.6 Å². The van der Waals surface area contributed by atoms with Crippen LogP contribution in [0, 0.1) is 0 Å². The first kappa shape index (κ1) is 10.5. The number of halogens is 1. The fourth-order valence-electron chi connectivity index (χ4n) is 1.44. The molecule has 0 aromatic heterocycles. The molecule has 78 valence electrons. The van der Waals surface area contributed by atoms with Gasteiger partial charge in [-0.15, -0.1) is 0 Å². The molecule has 1 aliphatic heterocycles. The topological polar surface area (TPSA) is 29.5 Å². The smallest absolute Gasteiger partial charge is 0.412 e. The van der Waals surface area contributed by atoms with E-state index >= 15 is 0 Å². The zero-order chi connectivity index (χ0) is 10.7. The molecule has 1 aliphatic rings. The van der Waals surface area contributed by atoms with Crippen LogP contribution in [0.1, 0.15) is 5.56 Å².